The van der Waals surface area contributed by atoms with Gasteiger partial charge in [-0.15, -0.1) is 0 Å². The first kappa shape index (κ1) is 18.4. The molecule has 2 aliphatic heterocycles. The van der Waals surface area contributed by atoms with E-state index in [1.807, 2.05) is 0 Å². The topological polar surface area (TPSA) is 26.8 Å². The van der Waals surface area contributed by atoms with Crippen LogP contribution in [0.5, 0.6) is 0 Å². The number of piperazine rings is 1. The molecule has 3 rings (SSSR count). The molecule has 2 saturated heterocycles. The second-order valence-electron chi connectivity index (χ2n) is 7.82. The van der Waals surface area contributed by atoms with E-state index in [1.165, 1.54) is 18.4 Å². The van der Waals surface area contributed by atoms with Gasteiger partial charge in [-0.25, -0.2) is 0 Å². The minimum atomic E-state index is 0.332. The lowest BCUT2D eigenvalue weighted by atomic mass is 10.0. The minimum absolute atomic E-state index is 0.332. The van der Waals surface area contributed by atoms with Crippen molar-refractivity contribution in [2.24, 2.45) is 0 Å². The van der Waals surface area contributed by atoms with Crippen LogP contribution in [-0.2, 0) is 4.79 Å². The van der Waals surface area contributed by atoms with E-state index in [0.29, 0.717) is 24.4 Å². The number of carbonyl (C=O) groups excluding carboxylic acids is 1. The summed E-state index contributed by atoms with van der Waals surface area (Å²) < 4.78 is 0. The number of rotatable bonds is 5. The molecule has 0 N–H and O–H groups in total. The SMILES string of the molecule is C[C@@H](CN1CCN(CC(=O)N2CCCC[C@@H]2C)CC1)c1ccccc1. The normalized spacial score (nSPS) is 24.2. The standard InChI is InChI=1S/C21H33N3O/c1-18(20-9-4-3-5-10-20)16-22-12-14-23(15-13-22)17-21(25)24-11-7-6-8-19(24)2/h3-5,9-10,18-19H,6-8,11-17H2,1-2H3/t18-,19-/m0/s1. The second-order valence-corrected chi connectivity index (χ2v) is 7.82. The third-order valence-electron chi connectivity index (χ3n) is 5.85. The van der Waals surface area contributed by atoms with Crippen LogP contribution < -0.4 is 0 Å². The molecule has 1 aromatic rings. The smallest absolute Gasteiger partial charge is 0.236 e. The van der Waals surface area contributed by atoms with Crippen LogP contribution in [-0.4, -0.2) is 72.5 Å². The number of amides is 1. The van der Waals surface area contributed by atoms with Crippen LogP contribution in [0.4, 0.5) is 0 Å². The van der Waals surface area contributed by atoms with Gasteiger partial charge in [-0.2, -0.15) is 0 Å². The fourth-order valence-electron chi connectivity index (χ4n) is 4.16. The summed E-state index contributed by atoms with van der Waals surface area (Å²) in [6.07, 6.45) is 3.60. The molecule has 0 aliphatic carbocycles. The molecule has 4 nitrogen and oxygen atoms in total. The van der Waals surface area contributed by atoms with Crippen molar-refractivity contribution < 1.29 is 4.79 Å². The number of hydrogen-bond donors (Lipinski definition) is 0. The zero-order valence-corrected chi connectivity index (χ0v) is 15.9. The highest BCUT2D eigenvalue weighted by Crippen LogP contribution is 2.18. The van der Waals surface area contributed by atoms with Gasteiger partial charge in [0.15, 0.2) is 0 Å². The summed E-state index contributed by atoms with van der Waals surface area (Å²) in [4.78, 5) is 19.6. The average Bonchev–Trinajstić information content (AvgIpc) is 2.64. The number of nitrogens with zero attached hydrogens (tertiary/aromatic N) is 3. The molecule has 2 fully saturated rings. The molecule has 2 heterocycles. The van der Waals surface area contributed by atoms with E-state index in [0.717, 1.165) is 45.7 Å². The van der Waals surface area contributed by atoms with Crippen molar-refractivity contribution >= 4 is 5.91 Å². The third kappa shape index (κ3) is 5.05. The van der Waals surface area contributed by atoms with Crippen LogP contribution in [0.25, 0.3) is 0 Å². The number of carbonyl (C=O) groups is 1. The van der Waals surface area contributed by atoms with Crippen LogP contribution >= 0.6 is 0 Å². The lowest BCUT2D eigenvalue weighted by molar-refractivity contribution is -0.136. The molecule has 25 heavy (non-hydrogen) atoms. The Morgan fingerprint density at radius 3 is 2.40 bits per heavy atom. The van der Waals surface area contributed by atoms with Crippen molar-refractivity contribution in [1.82, 2.24) is 14.7 Å². The Morgan fingerprint density at radius 2 is 1.72 bits per heavy atom. The Hall–Kier alpha value is -1.39. The highest BCUT2D eigenvalue weighted by Gasteiger charge is 2.26. The molecular weight excluding hydrogens is 310 g/mol. The van der Waals surface area contributed by atoms with Gasteiger partial charge in [0.2, 0.25) is 5.91 Å². The molecule has 0 saturated carbocycles. The highest BCUT2D eigenvalue weighted by molar-refractivity contribution is 5.78. The molecule has 4 heteroatoms. The number of hydrogen-bond acceptors (Lipinski definition) is 3. The lowest BCUT2D eigenvalue weighted by Gasteiger charge is -2.38. The summed E-state index contributed by atoms with van der Waals surface area (Å²) >= 11 is 0. The number of likely N-dealkylation sites (tertiary alicyclic amines) is 1. The lowest BCUT2D eigenvalue weighted by Crippen LogP contribution is -2.52. The van der Waals surface area contributed by atoms with Crippen LogP contribution in [0, 0.1) is 0 Å². The van der Waals surface area contributed by atoms with Gasteiger partial charge >= 0.3 is 0 Å². The number of piperidine rings is 1. The first-order valence-corrected chi connectivity index (χ1v) is 9.92. The maximum absolute atomic E-state index is 12.6. The maximum atomic E-state index is 12.6. The fraction of sp³-hybridized carbons (Fsp3) is 0.667. The van der Waals surface area contributed by atoms with Crippen molar-refractivity contribution in [3.05, 3.63) is 35.9 Å². The van der Waals surface area contributed by atoms with Gasteiger partial charge in [0.1, 0.15) is 0 Å². The molecule has 2 atom stereocenters. The van der Waals surface area contributed by atoms with Crippen molar-refractivity contribution in [3.8, 4) is 0 Å². The minimum Gasteiger partial charge on any atom is -0.339 e. The van der Waals surface area contributed by atoms with Crippen molar-refractivity contribution in [2.45, 2.75) is 45.1 Å². The molecule has 0 unspecified atom stereocenters. The van der Waals surface area contributed by atoms with Gasteiger partial charge in [-0.05, 0) is 37.7 Å². The van der Waals surface area contributed by atoms with Crippen molar-refractivity contribution in [2.75, 3.05) is 45.8 Å². The summed E-state index contributed by atoms with van der Waals surface area (Å²) in [5.41, 5.74) is 1.42. The molecule has 138 valence electrons. The fourth-order valence-corrected chi connectivity index (χ4v) is 4.16. The molecule has 1 aromatic carbocycles. The maximum Gasteiger partial charge on any atom is 0.236 e. The Bertz CT molecular complexity index is 539. The Balaban J connectivity index is 1.42. The van der Waals surface area contributed by atoms with Gasteiger partial charge in [0.05, 0.1) is 6.54 Å². The first-order chi connectivity index (χ1) is 12.1. The highest BCUT2D eigenvalue weighted by atomic mass is 16.2. The Morgan fingerprint density at radius 1 is 1.04 bits per heavy atom. The van der Waals surface area contributed by atoms with E-state index in [-0.39, 0.29) is 0 Å². The van der Waals surface area contributed by atoms with E-state index in [2.05, 4.69) is 58.9 Å². The summed E-state index contributed by atoms with van der Waals surface area (Å²) in [5, 5.41) is 0. The molecule has 2 aliphatic rings. The van der Waals surface area contributed by atoms with Gasteiger partial charge in [-0.3, -0.25) is 9.69 Å². The Kier molecular flexibility index (Phi) is 6.49. The van der Waals surface area contributed by atoms with E-state index >= 15 is 0 Å². The average molecular weight is 344 g/mol. The predicted molar refractivity (Wildman–Crippen MR) is 103 cm³/mol. The van der Waals surface area contributed by atoms with E-state index in [1.54, 1.807) is 0 Å². The Labute approximate surface area is 152 Å². The summed E-state index contributed by atoms with van der Waals surface area (Å²) in [6, 6.07) is 11.2. The zero-order valence-electron chi connectivity index (χ0n) is 15.9. The van der Waals surface area contributed by atoms with Gasteiger partial charge in [-0.1, -0.05) is 37.3 Å². The van der Waals surface area contributed by atoms with Crippen molar-refractivity contribution in [3.63, 3.8) is 0 Å². The van der Waals surface area contributed by atoms with Crippen LogP contribution in [0.1, 0.15) is 44.6 Å². The predicted octanol–water partition coefficient (Wildman–Crippen LogP) is 2.81. The summed E-state index contributed by atoms with van der Waals surface area (Å²) in [6.45, 7) is 11.3. The molecule has 0 radical (unpaired) electrons. The van der Waals surface area contributed by atoms with Gasteiger partial charge in [0.25, 0.3) is 0 Å². The van der Waals surface area contributed by atoms with E-state index < -0.39 is 0 Å². The van der Waals surface area contributed by atoms with Crippen LogP contribution in [0.3, 0.4) is 0 Å². The third-order valence-corrected chi connectivity index (χ3v) is 5.85. The monoisotopic (exact) mass is 343 g/mol. The quantitative estimate of drug-likeness (QED) is 0.822. The van der Waals surface area contributed by atoms with Gasteiger partial charge < -0.3 is 9.80 Å². The molecule has 0 bridgehead atoms. The van der Waals surface area contributed by atoms with Crippen LogP contribution in [0.15, 0.2) is 30.3 Å². The zero-order chi connectivity index (χ0) is 17.6. The second kappa shape index (κ2) is 8.81. The van der Waals surface area contributed by atoms with E-state index in [4.69, 9.17) is 0 Å². The van der Waals surface area contributed by atoms with Crippen molar-refractivity contribution in [1.29, 1.82) is 0 Å². The molecule has 1 amide bonds. The molecular formula is C21H33N3O. The summed E-state index contributed by atoms with van der Waals surface area (Å²) in [7, 11) is 0. The number of benzene rings is 1. The first-order valence-electron chi connectivity index (χ1n) is 9.92. The largest absolute Gasteiger partial charge is 0.339 e. The summed E-state index contributed by atoms with van der Waals surface area (Å²) in [5.74, 6) is 0.891. The molecule has 0 aromatic heterocycles. The van der Waals surface area contributed by atoms with E-state index in [9.17, 15) is 4.79 Å². The van der Waals surface area contributed by atoms with Crippen LogP contribution in [0.2, 0.25) is 0 Å². The van der Waals surface area contributed by atoms with Gasteiger partial charge in [0, 0.05) is 45.3 Å². The molecule has 0 spiro atoms.